The number of rotatable bonds is 6. The second-order valence-corrected chi connectivity index (χ2v) is 9.39. The second kappa shape index (κ2) is 9.61. The number of anilines is 1. The number of ketones is 1. The lowest BCUT2D eigenvalue weighted by atomic mass is 9.95. The van der Waals surface area contributed by atoms with Gasteiger partial charge in [-0.2, -0.15) is 0 Å². The van der Waals surface area contributed by atoms with Crippen LogP contribution in [-0.4, -0.2) is 17.9 Å². The lowest BCUT2D eigenvalue weighted by Crippen LogP contribution is -2.14. The van der Waals surface area contributed by atoms with E-state index < -0.39 is 0 Å². The molecule has 0 saturated carbocycles. The minimum absolute atomic E-state index is 0.0320. The predicted molar refractivity (Wildman–Crippen MR) is 137 cm³/mol. The van der Waals surface area contributed by atoms with E-state index in [4.69, 9.17) is 4.42 Å². The number of nitrogens with one attached hydrogen (secondary N) is 1. The third-order valence-corrected chi connectivity index (χ3v) is 7.12. The molecule has 6 heteroatoms. The van der Waals surface area contributed by atoms with Gasteiger partial charge in [0.05, 0.1) is 11.8 Å². The van der Waals surface area contributed by atoms with Gasteiger partial charge in [-0.3, -0.25) is 9.59 Å². The number of amides is 1. The van der Waals surface area contributed by atoms with Gasteiger partial charge in [0.1, 0.15) is 16.5 Å². The molecule has 34 heavy (non-hydrogen) atoms. The van der Waals surface area contributed by atoms with Crippen molar-refractivity contribution in [1.29, 1.82) is 0 Å². The zero-order valence-corrected chi connectivity index (χ0v) is 19.7. The van der Waals surface area contributed by atoms with Crippen LogP contribution in [0.1, 0.15) is 56.7 Å². The molecule has 2 aromatic carbocycles. The van der Waals surface area contributed by atoms with Crippen molar-refractivity contribution < 1.29 is 14.0 Å². The summed E-state index contributed by atoms with van der Waals surface area (Å²) in [6, 6.07) is 20.6. The van der Waals surface area contributed by atoms with Crippen LogP contribution in [0.4, 0.5) is 10.7 Å². The van der Waals surface area contributed by atoms with E-state index in [1.165, 1.54) is 4.88 Å². The molecule has 0 radical (unpaired) electrons. The number of aliphatic imine (C=N–C) groups is 1. The Balaban J connectivity index is 1.41. The van der Waals surface area contributed by atoms with Gasteiger partial charge in [-0.15, -0.1) is 11.3 Å². The SMILES string of the molecule is CC(=O)c1ccc(-c2ccc(C=Nc3sc4c(c3C(=O)Nc3ccccc3)CCCC4)o2)cc1. The minimum Gasteiger partial charge on any atom is -0.455 e. The Labute approximate surface area is 202 Å². The summed E-state index contributed by atoms with van der Waals surface area (Å²) in [5, 5.41) is 3.73. The molecule has 0 spiro atoms. The summed E-state index contributed by atoms with van der Waals surface area (Å²) in [5.74, 6) is 1.21. The van der Waals surface area contributed by atoms with Crippen LogP contribution in [0.25, 0.3) is 11.3 Å². The van der Waals surface area contributed by atoms with Crippen molar-refractivity contribution in [3.8, 4) is 11.3 Å². The zero-order chi connectivity index (χ0) is 23.5. The maximum atomic E-state index is 13.2. The molecule has 1 aliphatic carbocycles. The summed E-state index contributed by atoms with van der Waals surface area (Å²) < 4.78 is 5.96. The Kier molecular flexibility index (Phi) is 6.23. The Morgan fingerprint density at radius 1 is 0.971 bits per heavy atom. The van der Waals surface area contributed by atoms with Crippen LogP contribution in [0, 0.1) is 0 Å². The molecule has 0 fully saturated rings. The van der Waals surface area contributed by atoms with E-state index in [-0.39, 0.29) is 11.7 Å². The van der Waals surface area contributed by atoms with Crippen LogP contribution in [0.5, 0.6) is 0 Å². The maximum absolute atomic E-state index is 13.2. The molecule has 2 aromatic heterocycles. The van der Waals surface area contributed by atoms with E-state index >= 15 is 0 Å². The number of para-hydroxylation sites is 1. The van der Waals surface area contributed by atoms with Gasteiger partial charge in [-0.05, 0) is 62.4 Å². The van der Waals surface area contributed by atoms with Crippen LogP contribution in [-0.2, 0) is 12.8 Å². The number of aryl methyl sites for hydroxylation is 1. The van der Waals surface area contributed by atoms with Gasteiger partial charge < -0.3 is 9.73 Å². The van der Waals surface area contributed by atoms with Crippen molar-refractivity contribution >= 4 is 39.9 Å². The van der Waals surface area contributed by atoms with Gasteiger partial charge in [-0.25, -0.2) is 4.99 Å². The molecule has 5 nitrogen and oxygen atoms in total. The highest BCUT2D eigenvalue weighted by Gasteiger charge is 2.25. The number of fused-ring (bicyclic) bond motifs is 1. The van der Waals surface area contributed by atoms with Gasteiger partial charge >= 0.3 is 0 Å². The molecule has 2 heterocycles. The Bertz CT molecular complexity index is 1360. The Morgan fingerprint density at radius 3 is 2.50 bits per heavy atom. The van der Waals surface area contributed by atoms with Crippen LogP contribution < -0.4 is 5.32 Å². The molecular formula is C28H24N2O3S. The highest BCUT2D eigenvalue weighted by atomic mass is 32.1. The van der Waals surface area contributed by atoms with Crippen LogP contribution in [0.15, 0.2) is 76.1 Å². The lowest BCUT2D eigenvalue weighted by Gasteiger charge is -2.12. The van der Waals surface area contributed by atoms with E-state index in [9.17, 15) is 9.59 Å². The third kappa shape index (κ3) is 4.63. The normalized spacial score (nSPS) is 13.1. The summed E-state index contributed by atoms with van der Waals surface area (Å²) >= 11 is 1.60. The quantitative estimate of drug-likeness (QED) is 0.242. The molecule has 0 atom stereocenters. The van der Waals surface area contributed by atoms with Crippen LogP contribution in [0.2, 0.25) is 0 Å². The highest BCUT2D eigenvalue weighted by molar-refractivity contribution is 7.16. The van der Waals surface area contributed by atoms with E-state index in [1.54, 1.807) is 36.6 Å². The van der Waals surface area contributed by atoms with Gasteiger partial charge in [0, 0.05) is 21.7 Å². The lowest BCUT2D eigenvalue weighted by molar-refractivity contribution is 0.101. The number of Topliss-reactive ketones (excluding diaryl/α,β-unsaturated/α-hetero) is 1. The molecule has 0 aliphatic heterocycles. The third-order valence-electron chi connectivity index (χ3n) is 5.92. The first-order valence-electron chi connectivity index (χ1n) is 11.3. The topological polar surface area (TPSA) is 71.7 Å². The van der Waals surface area contributed by atoms with Crippen LogP contribution >= 0.6 is 11.3 Å². The molecule has 1 amide bonds. The van der Waals surface area contributed by atoms with Crippen molar-refractivity contribution in [2.24, 2.45) is 4.99 Å². The number of carbonyl (C=O) groups excluding carboxylic acids is 2. The number of carbonyl (C=O) groups is 2. The zero-order valence-electron chi connectivity index (χ0n) is 18.8. The van der Waals surface area contributed by atoms with Gasteiger partial charge in [-0.1, -0.05) is 42.5 Å². The van der Waals surface area contributed by atoms with E-state index in [1.807, 2.05) is 54.6 Å². The molecule has 0 bridgehead atoms. The number of furan rings is 1. The average molecular weight is 469 g/mol. The monoisotopic (exact) mass is 468 g/mol. The molecule has 5 rings (SSSR count). The number of hydrogen-bond acceptors (Lipinski definition) is 5. The fraction of sp³-hybridized carbons (Fsp3) is 0.179. The van der Waals surface area contributed by atoms with Gasteiger partial charge in [0.25, 0.3) is 5.91 Å². The number of benzene rings is 2. The summed E-state index contributed by atoms with van der Waals surface area (Å²) in [5.41, 5.74) is 4.12. The molecule has 0 saturated heterocycles. The average Bonchev–Trinajstić information content (AvgIpc) is 3.48. The van der Waals surface area contributed by atoms with Crippen molar-refractivity contribution in [3.63, 3.8) is 0 Å². The molecule has 0 unspecified atom stereocenters. The fourth-order valence-corrected chi connectivity index (χ4v) is 5.39. The number of hydrogen-bond donors (Lipinski definition) is 1. The van der Waals surface area contributed by atoms with Crippen molar-refractivity contribution in [2.45, 2.75) is 32.6 Å². The van der Waals surface area contributed by atoms with E-state index in [0.29, 0.717) is 27.6 Å². The van der Waals surface area contributed by atoms with Gasteiger partial charge in [0.2, 0.25) is 0 Å². The second-order valence-electron chi connectivity index (χ2n) is 8.30. The molecular weight excluding hydrogens is 444 g/mol. The van der Waals surface area contributed by atoms with E-state index in [2.05, 4.69) is 10.3 Å². The molecule has 1 aliphatic rings. The molecule has 170 valence electrons. The van der Waals surface area contributed by atoms with Crippen molar-refractivity contribution in [1.82, 2.24) is 0 Å². The smallest absolute Gasteiger partial charge is 0.259 e. The maximum Gasteiger partial charge on any atom is 0.259 e. The van der Waals surface area contributed by atoms with Gasteiger partial charge in [0.15, 0.2) is 5.78 Å². The highest BCUT2D eigenvalue weighted by Crippen LogP contribution is 2.40. The first kappa shape index (κ1) is 22.0. The first-order valence-corrected chi connectivity index (χ1v) is 12.2. The number of thiophene rings is 1. The largest absolute Gasteiger partial charge is 0.455 e. The number of nitrogens with zero attached hydrogens (tertiary/aromatic N) is 1. The molecule has 4 aromatic rings. The Morgan fingerprint density at radius 2 is 1.74 bits per heavy atom. The van der Waals surface area contributed by atoms with Crippen molar-refractivity contribution in [2.75, 3.05) is 5.32 Å². The minimum atomic E-state index is -0.122. The van der Waals surface area contributed by atoms with Crippen LogP contribution in [0.3, 0.4) is 0 Å². The van der Waals surface area contributed by atoms with Crippen molar-refractivity contribution in [3.05, 3.63) is 94.1 Å². The Hall–Kier alpha value is -3.77. The summed E-state index contributed by atoms with van der Waals surface area (Å²) in [4.78, 5) is 30.7. The summed E-state index contributed by atoms with van der Waals surface area (Å²) in [7, 11) is 0. The standard InChI is InChI=1S/C28H24N2O3S/c1-18(31)19-11-13-20(14-12-19)24-16-15-22(33-24)17-29-28-26(23-9-5-6-10-25(23)34-28)27(32)30-21-7-3-2-4-8-21/h2-4,7-8,11-17H,5-6,9-10H2,1H3,(H,30,32). The predicted octanol–water partition coefficient (Wildman–Crippen LogP) is 7.09. The molecule has 1 N–H and O–H groups in total. The first-order chi connectivity index (χ1) is 16.6. The van der Waals surface area contributed by atoms with E-state index in [0.717, 1.165) is 42.5 Å². The summed E-state index contributed by atoms with van der Waals surface area (Å²) in [6.07, 6.45) is 5.79. The summed E-state index contributed by atoms with van der Waals surface area (Å²) in [6.45, 7) is 1.55. The fourth-order valence-electron chi connectivity index (χ4n) is 4.16.